The van der Waals surface area contributed by atoms with Crippen LogP contribution in [0.15, 0.2) is 12.4 Å². The van der Waals surface area contributed by atoms with E-state index in [4.69, 9.17) is 11.6 Å². The predicted octanol–water partition coefficient (Wildman–Crippen LogP) is 0.456. The normalized spacial score (nSPS) is 17.1. The van der Waals surface area contributed by atoms with Crippen molar-refractivity contribution in [3.8, 4) is 0 Å². The second-order valence-electron chi connectivity index (χ2n) is 3.29. The van der Waals surface area contributed by atoms with Crippen LogP contribution in [-0.4, -0.2) is 35.5 Å². The minimum absolute atomic E-state index is 0.0812. The molecule has 0 aliphatic carbocycles. The van der Waals surface area contributed by atoms with E-state index in [9.17, 15) is 4.79 Å². The summed E-state index contributed by atoms with van der Waals surface area (Å²) in [7, 11) is 0. The van der Waals surface area contributed by atoms with Crippen molar-refractivity contribution < 1.29 is 4.79 Å². The molecule has 1 saturated heterocycles. The minimum atomic E-state index is 0.0812. The average molecular weight is 227 g/mol. The van der Waals surface area contributed by atoms with Crippen LogP contribution >= 0.6 is 11.6 Å². The predicted molar refractivity (Wildman–Crippen MR) is 56.9 cm³/mol. The third-order valence-electron chi connectivity index (χ3n) is 2.26. The van der Waals surface area contributed by atoms with E-state index in [0.29, 0.717) is 24.7 Å². The molecule has 0 radical (unpaired) electrons. The second kappa shape index (κ2) is 4.44. The highest BCUT2D eigenvalue weighted by Gasteiger charge is 2.14. The number of hydrogen-bond acceptors (Lipinski definition) is 4. The molecule has 0 atom stereocenters. The number of carbonyl (C=O) groups is 1. The number of halogens is 1. The highest BCUT2D eigenvalue weighted by Crippen LogP contribution is 2.14. The van der Waals surface area contributed by atoms with Crippen molar-refractivity contribution >= 4 is 23.3 Å². The Morgan fingerprint density at radius 3 is 3.07 bits per heavy atom. The third kappa shape index (κ3) is 2.56. The number of amides is 1. The maximum Gasteiger partial charge on any atom is 0.221 e. The highest BCUT2D eigenvalue weighted by molar-refractivity contribution is 6.29. The Morgan fingerprint density at radius 1 is 1.40 bits per heavy atom. The Labute approximate surface area is 92.5 Å². The molecule has 0 saturated carbocycles. The van der Waals surface area contributed by atoms with Gasteiger partial charge in [-0.1, -0.05) is 11.6 Å². The summed E-state index contributed by atoms with van der Waals surface area (Å²) in [4.78, 5) is 21.1. The van der Waals surface area contributed by atoms with E-state index >= 15 is 0 Å². The second-order valence-corrected chi connectivity index (χ2v) is 3.67. The summed E-state index contributed by atoms with van der Waals surface area (Å²) in [6.07, 6.45) is 1.92. The summed E-state index contributed by atoms with van der Waals surface area (Å²) >= 11 is 5.77. The van der Waals surface area contributed by atoms with Crippen LogP contribution in [-0.2, 0) is 4.79 Å². The molecular formula is C9H11ClN4O. The van der Waals surface area contributed by atoms with Crippen LogP contribution in [0.4, 0.5) is 5.82 Å². The topological polar surface area (TPSA) is 58.1 Å². The zero-order valence-corrected chi connectivity index (χ0v) is 8.87. The molecule has 0 aromatic carbocycles. The number of nitrogens with zero attached hydrogens (tertiary/aromatic N) is 3. The largest absolute Gasteiger partial charge is 0.354 e. The Bertz CT molecular complexity index is 371. The number of anilines is 1. The summed E-state index contributed by atoms with van der Waals surface area (Å²) in [5.74, 6) is 0.851. The molecule has 1 fully saturated rings. The Morgan fingerprint density at radius 2 is 2.27 bits per heavy atom. The Balaban J connectivity index is 2.13. The fraction of sp³-hybridized carbons (Fsp3) is 0.444. The van der Waals surface area contributed by atoms with Crippen LogP contribution in [0.2, 0.25) is 5.15 Å². The molecule has 0 bridgehead atoms. The van der Waals surface area contributed by atoms with Gasteiger partial charge in [0, 0.05) is 32.1 Å². The maximum atomic E-state index is 11.1. The molecule has 1 aromatic heterocycles. The molecule has 1 aliphatic heterocycles. The Hall–Kier alpha value is -1.36. The van der Waals surface area contributed by atoms with Crippen molar-refractivity contribution in [1.82, 2.24) is 15.3 Å². The van der Waals surface area contributed by atoms with E-state index in [1.54, 1.807) is 6.07 Å². The van der Waals surface area contributed by atoms with Gasteiger partial charge in [-0.3, -0.25) is 4.79 Å². The van der Waals surface area contributed by atoms with Gasteiger partial charge in [0.15, 0.2) is 0 Å². The minimum Gasteiger partial charge on any atom is -0.354 e. The summed E-state index contributed by atoms with van der Waals surface area (Å²) in [6.45, 7) is 2.05. The number of rotatable bonds is 1. The van der Waals surface area contributed by atoms with Gasteiger partial charge in [0.05, 0.1) is 0 Å². The zero-order chi connectivity index (χ0) is 10.7. The van der Waals surface area contributed by atoms with Gasteiger partial charge < -0.3 is 10.2 Å². The van der Waals surface area contributed by atoms with E-state index in [-0.39, 0.29) is 5.91 Å². The molecule has 1 aromatic rings. The van der Waals surface area contributed by atoms with Crippen LogP contribution in [0.25, 0.3) is 0 Å². The third-order valence-corrected chi connectivity index (χ3v) is 2.46. The van der Waals surface area contributed by atoms with Crippen molar-refractivity contribution in [2.24, 2.45) is 0 Å². The number of hydrogen-bond donors (Lipinski definition) is 1. The molecule has 1 amide bonds. The zero-order valence-electron chi connectivity index (χ0n) is 8.11. The van der Waals surface area contributed by atoms with Crippen LogP contribution in [0.3, 0.4) is 0 Å². The van der Waals surface area contributed by atoms with Gasteiger partial charge in [-0.2, -0.15) is 0 Å². The first kappa shape index (κ1) is 10.2. The fourth-order valence-electron chi connectivity index (χ4n) is 1.49. The first-order chi connectivity index (χ1) is 7.25. The van der Waals surface area contributed by atoms with Gasteiger partial charge in [0.2, 0.25) is 5.91 Å². The van der Waals surface area contributed by atoms with Crippen molar-refractivity contribution in [3.63, 3.8) is 0 Å². The molecule has 2 rings (SSSR count). The monoisotopic (exact) mass is 226 g/mol. The first-order valence-electron chi connectivity index (χ1n) is 4.75. The molecule has 0 spiro atoms. The van der Waals surface area contributed by atoms with E-state index in [2.05, 4.69) is 15.3 Å². The number of aromatic nitrogens is 2. The van der Waals surface area contributed by atoms with Crippen LogP contribution in [0.1, 0.15) is 6.42 Å². The van der Waals surface area contributed by atoms with E-state index in [1.165, 1.54) is 6.33 Å². The summed E-state index contributed by atoms with van der Waals surface area (Å²) in [6, 6.07) is 1.71. The summed E-state index contributed by atoms with van der Waals surface area (Å²) in [5, 5.41) is 3.22. The molecule has 1 aliphatic rings. The SMILES string of the molecule is O=C1CCN(c2cc(Cl)ncn2)CCN1. The number of carbonyl (C=O) groups excluding carboxylic acids is 1. The maximum absolute atomic E-state index is 11.1. The molecule has 80 valence electrons. The molecular weight excluding hydrogens is 216 g/mol. The van der Waals surface area contributed by atoms with Crippen molar-refractivity contribution in [1.29, 1.82) is 0 Å². The average Bonchev–Trinajstić information content (AvgIpc) is 2.43. The molecule has 15 heavy (non-hydrogen) atoms. The molecule has 5 nitrogen and oxygen atoms in total. The van der Waals surface area contributed by atoms with Gasteiger partial charge in [0.25, 0.3) is 0 Å². The quantitative estimate of drug-likeness (QED) is 0.707. The lowest BCUT2D eigenvalue weighted by Gasteiger charge is -2.19. The smallest absolute Gasteiger partial charge is 0.221 e. The van der Waals surface area contributed by atoms with E-state index in [1.807, 2.05) is 4.90 Å². The molecule has 1 N–H and O–H groups in total. The number of nitrogens with one attached hydrogen (secondary N) is 1. The highest BCUT2D eigenvalue weighted by atomic mass is 35.5. The van der Waals surface area contributed by atoms with E-state index in [0.717, 1.165) is 12.4 Å². The summed E-state index contributed by atoms with van der Waals surface area (Å²) in [5.41, 5.74) is 0. The van der Waals surface area contributed by atoms with Crippen molar-refractivity contribution in [2.45, 2.75) is 6.42 Å². The van der Waals surface area contributed by atoms with Gasteiger partial charge in [0.1, 0.15) is 17.3 Å². The van der Waals surface area contributed by atoms with Gasteiger partial charge >= 0.3 is 0 Å². The lowest BCUT2D eigenvalue weighted by atomic mass is 10.4. The standard InChI is InChI=1S/C9H11ClN4O/c10-7-5-8(13-6-12-7)14-3-1-9(15)11-2-4-14/h5-6H,1-4H2,(H,11,15). The van der Waals surface area contributed by atoms with Crippen molar-refractivity contribution in [2.75, 3.05) is 24.5 Å². The molecule has 6 heteroatoms. The van der Waals surface area contributed by atoms with E-state index < -0.39 is 0 Å². The molecule has 2 heterocycles. The fourth-order valence-corrected chi connectivity index (χ4v) is 1.63. The molecule has 0 unspecified atom stereocenters. The lowest BCUT2D eigenvalue weighted by molar-refractivity contribution is -0.120. The van der Waals surface area contributed by atoms with Crippen LogP contribution < -0.4 is 10.2 Å². The van der Waals surface area contributed by atoms with Gasteiger partial charge in [-0.15, -0.1) is 0 Å². The van der Waals surface area contributed by atoms with Gasteiger partial charge in [-0.25, -0.2) is 9.97 Å². The summed E-state index contributed by atoms with van der Waals surface area (Å²) < 4.78 is 0. The lowest BCUT2D eigenvalue weighted by Crippen LogP contribution is -2.29. The van der Waals surface area contributed by atoms with Crippen LogP contribution in [0, 0.1) is 0 Å². The first-order valence-corrected chi connectivity index (χ1v) is 5.13. The van der Waals surface area contributed by atoms with Gasteiger partial charge in [-0.05, 0) is 0 Å². The van der Waals surface area contributed by atoms with Crippen molar-refractivity contribution in [3.05, 3.63) is 17.5 Å². The Kier molecular flexibility index (Phi) is 3.01. The van der Waals surface area contributed by atoms with Crippen LogP contribution in [0.5, 0.6) is 0 Å².